The Balaban J connectivity index is 1.87. The molecular formula is C17H20N2O2. The van der Waals surface area contributed by atoms with E-state index in [0.29, 0.717) is 6.61 Å². The fourth-order valence-electron chi connectivity index (χ4n) is 2.82. The highest BCUT2D eigenvalue weighted by Crippen LogP contribution is 2.36. The molecule has 110 valence electrons. The van der Waals surface area contributed by atoms with Crippen molar-refractivity contribution < 1.29 is 9.47 Å². The Morgan fingerprint density at radius 2 is 2.00 bits per heavy atom. The summed E-state index contributed by atoms with van der Waals surface area (Å²) >= 11 is 0. The molecule has 0 spiro atoms. The van der Waals surface area contributed by atoms with Gasteiger partial charge in [0.25, 0.3) is 0 Å². The Labute approximate surface area is 124 Å². The SMILES string of the molecule is CCOc1ccccc1C(NN)C1Cc2ccccc2O1. The third-order valence-electron chi connectivity index (χ3n) is 3.78. The Kier molecular flexibility index (Phi) is 4.08. The summed E-state index contributed by atoms with van der Waals surface area (Å²) in [6.45, 7) is 2.60. The fraction of sp³-hybridized carbons (Fsp3) is 0.294. The van der Waals surface area contributed by atoms with Gasteiger partial charge in [-0.3, -0.25) is 5.84 Å². The molecule has 0 saturated heterocycles. The molecule has 0 amide bonds. The van der Waals surface area contributed by atoms with Crippen LogP contribution in [0.15, 0.2) is 48.5 Å². The highest BCUT2D eigenvalue weighted by Gasteiger charge is 2.32. The second kappa shape index (κ2) is 6.16. The van der Waals surface area contributed by atoms with Crippen LogP contribution in [0, 0.1) is 0 Å². The Morgan fingerprint density at radius 3 is 2.76 bits per heavy atom. The Bertz CT molecular complexity index is 590. The summed E-state index contributed by atoms with van der Waals surface area (Å²) in [4.78, 5) is 0. The van der Waals surface area contributed by atoms with Crippen LogP contribution < -0.4 is 20.7 Å². The normalized spacial score (nSPS) is 17.9. The molecular weight excluding hydrogens is 264 g/mol. The summed E-state index contributed by atoms with van der Waals surface area (Å²) in [5.41, 5.74) is 5.14. The first-order chi connectivity index (χ1) is 10.3. The lowest BCUT2D eigenvalue weighted by Gasteiger charge is -2.24. The first kappa shape index (κ1) is 13.9. The minimum atomic E-state index is -0.111. The zero-order valence-corrected chi connectivity index (χ0v) is 12.1. The van der Waals surface area contributed by atoms with Crippen molar-refractivity contribution in [3.05, 3.63) is 59.7 Å². The van der Waals surface area contributed by atoms with E-state index in [-0.39, 0.29) is 12.1 Å². The van der Waals surface area contributed by atoms with Crippen molar-refractivity contribution >= 4 is 0 Å². The summed E-state index contributed by atoms with van der Waals surface area (Å²) in [6, 6.07) is 15.9. The van der Waals surface area contributed by atoms with Gasteiger partial charge in [-0.1, -0.05) is 36.4 Å². The van der Waals surface area contributed by atoms with E-state index in [2.05, 4.69) is 11.5 Å². The Morgan fingerprint density at radius 1 is 1.24 bits per heavy atom. The van der Waals surface area contributed by atoms with E-state index in [1.165, 1.54) is 5.56 Å². The number of benzene rings is 2. The highest BCUT2D eigenvalue weighted by molar-refractivity contribution is 5.41. The van der Waals surface area contributed by atoms with Crippen LogP contribution in [0.3, 0.4) is 0 Å². The summed E-state index contributed by atoms with van der Waals surface area (Å²) in [6.07, 6.45) is 0.805. The van der Waals surface area contributed by atoms with Crippen LogP contribution in [-0.4, -0.2) is 12.7 Å². The van der Waals surface area contributed by atoms with Crippen molar-refractivity contribution in [2.24, 2.45) is 5.84 Å². The molecule has 0 fully saturated rings. The maximum atomic E-state index is 6.05. The lowest BCUT2D eigenvalue weighted by Crippen LogP contribution is -2.39. The molecule has 2 aromatic carbocycles. The first-order valence-corrected chi connectivity index (χ1v) is 7.26. The van der Waals surface area contributed by atoms with Crippen molar-refractivity contribution in [3.63, 3.8) is 0 Å². The zero-order chi connectivity index (χ0) is 14.7. The second-order valence-electron chi connectivity index (χ2n) is 5.08. The van der Waals surface area contributed by atoms with Crippen molar-refractivity contribution in [1.82, 2.24) is 5.43 Å². The summed E-state index contributed by atoms with van der Waals surface area (Å²) < 4.78 is 11.8. The molecule has 2 aromatic rings. The number of hydrogen-bond acceptors (Lipinski definition) is 4. The van der Waals surface area contributed by atoms with E-state index in [4.69, 9.17) is 15.3 Å². The van der Waals surface area contributed by atoms with Crippen molar-refractivity contribution in [2.75, 3.05) is 6.61 Å². The average Bonchev–Trinajstić information content (AvgIpc) is 2.93. The molecule has 4 nitrogen and oxygen atoms in total. The predicted octanol–water partition coefficient (Wildman–Crippen LogP) is 2.59. The topological polar surface area (TPSA) is 56.5 Å². The van der Waals surface area contributed by atoms with E-state index >= 15 is 0 Å². The van der Waals surface area contributed by atoms with Gasteiger partial charge < -0.3 is 9.47 Å². The van der Waals surface area contributed by atoms with Crippen LogP contribution in [0.25, 0.3) is 0 Å². The van der Waals surface area contributed by atoms with E-state index in [9.17, 15) is 0 Å². The zero-order valence-electron chi connectivity index (χ0n) is 12.1. The maximum absolute atomic E-state index is 6.05. The molecule has 2 unspecified atom stereocenters. The fourth-order valence-corrected chi connectivity index (χ4v) is 2.82. The maximum Gasteiger partial charge on any atom is 0.124 e. The first-order valence-electron chi connectivity index (χ1n) is 7.26. The molecule has 1 aliphatic heterocycles. The molecule has 0 saturated carbocycles. The van der Waals surface area contributed by atoms with Gasteiger partial charge in [0.1, 0.15) is 17.6 Å². The van der Waals surface area contributed by atoms with Gasteiger partial charge in [0.15, 0.2) is 0 Å². The molecule has 2 atom stereocenters. The van der Waals surface area contributed by atoms with Gasteiger partial charge in [0.05, 0.1) is 12.6 Å². The van der Waals surface area contributed by atoms with Gasteiger partial charge in [-0.2, -0.15) is 0 Å². The predicted molar refractivity (Wildman–Crippen MR) is 82.2 cm³/mol. The largest absolute Gasteiger partial charge is 0.494 e. The number of hydrogen-bond donors (Lipinski definition) is 2. The van der Waals surface area contributed by atoms with Gasteiger partial charge >= 0.3 is 0 Å². The van der Waals surface area contributed by atoms with Gasteiger partial charge in [-0.15, -0.1) is 0 Å². The lowest BCUT2D eigenvalue weighted by molar-refractivity contribution is 0.176. The number of ether oxygens (including phenoxy) is 2. The highest BCUT2D eigenvalue weighted by atomic mass is 16.5. The number of hydrazine groups is 1. The summed E-state index contributed by atoms with van der Waals surface area (Å²) in [7, 11) is 0. The molecule has 1 heterocycles. The monoisotopic (exact) mass is 284 g/mol. The third kappa shape index (κ3) is 2.73. The minimum absolute atomic E-state index is 0.0333. The minimum Gasteiger partial charge on any atom is -0.494 e. The molecule has 3 N–H and O–H groups in total. The number of nitrogens with two attached hydrogens (primary N) is 1. The number of rotatable bonds is 5. The van der Waals surface area contributed by atoms with Crippen LogP contribution in [0.5, 0.6) is 11.5 Å². The van der Waals surface area contributed by atoms with Gasteiger partial charge in [0, 0.05) is 12.0 Å². The van der Waals surface area contributed by atoms with Crippen molar-refractivity contribution in [2.45, 2.75) is 25.5 Å². The molecule has 3 rings (SSSR count). The average molecular weight is 284 g/mol. The second-order valence-corrected chi connectivity index (χ2v) is 5.08. The summed E-state index contributed by atoms with van der Waals surface area (Å²) in [5, 5.41) is 0. The van der Waals surface area contributed by atoms with E-state index in [0.717, 1.165) is 23.5 Å². The van der Waals surface area contributed by atoms with Crippen LogP contribution >= 0.6 is 0 Å². The van der Waals surface area contributed by atoms with Crippen LogP contribution in [0.1, 0.15) is 24.1 Å². The van der Waals surface area contributed by atoms with Gasteiger partial charge in [0.2, 0.25) is 0 Å². The third-order valence-corrected chi connectivity index (χ3v) is 3.78. The van der Waals surface area contributed by atoms with E-state index in [1.54, 1.807) is 0 Å². The van der Waals surface area contributed by atoms with Gasteiger partial charge in [-0.05, 0) is 24.6 Å². The number of para-hydroxylation sites is 2. The van der Waals surface area contributed by atoms with Crippen LogP contribution in [0.4, 0.5) is 0 Å². The molecule has 1 aliphatic rings. The van der Waals surface area contributed by atoms with Gasteiger partial charge in [-0.25, -0.2) is 5.43 Å². The number of fused-ring (bicyclic) bond motifs is 1. The Hall–Kier alpha value is -2.04. The van der Waals surface area contributed by atoms with Crippen LogP contribution in [-0.2, 0) is 6.42 Å². The molecule has 21 heavy (non-hydrogen) atoms. The quantitative estimate of drug-likeness (QED) is 0.654. The summed E-state index contributed by atoms with van der Waals surface area (Å²) in [5.74, 6) is 7.59. The molecule has 0 bridgehead atoms. The van der Waals surface area contributed by atoms with E-state index in [1.807, 2.05) is 49.4 Å². The van der Waals surface area contributed by atoms with Crippen molar-refractivity contribution in [3.8, 4) is 11.5 Å². The van der Waals surface area contributed by atoms with Crippen molar-refractivity contribution in [1.29, 1.82) is 0 Å². The number of nitrogens with one attached hydrogen (secondary N) is 1. The molecule has 4 heteroatoms. The molecule has 0 aromatic heterocycles. The molecule has 0 radical (unpaired) electrons. The smallest absolute Gasteiger partial charge is 0.124 e. The lowest BCUT2D eigenvalue weighted by atomic mass is 9.97. The van der Waals surface area contributed by atoms with Crippen LogP contribution in [0.2, 0.25) is 0 Å². The molecule has 0 aliphatic carbocycles. The van der Waals surface area contributed by atoms with E-state index < -0.39 is 0 Å². The standard InChI is InChI=1S/C17H20N2O2/c1-2-20-15-10-6-4-8-13(15)17(19-18)16-11-12-7-3-5-9-14(12)21-16/h3-10,16-17,19H,2,11,18H2,1H3.